The molecule has 3 N–H and O–H groups in total. The lowest BCUT2D eigenvalue weighted by Crippen LogP contribution is -2.42. The minimum Gasteiger partial charge on any atom is -0.494 e. The van der Waals surface area contributed by atoms with Crippen molar-refractivity contribution in [1.82, 2.24) is 5.32 Å². The molecule has 0 saturated carbocycles. The molecule has 0 radical (unpaired) electrons. The van der Waals surface area contributed by atoms with Gasteiger partial charge in [-0.15, -0.1) is 0 Å². The smallest absolute Gasteiger partial charge is 0.343 e. The first-order valence-electron chi connectivity index (χ1n) is 14.3. The van der Waals surface area contributed by atoms with E-state index in [0.29, 0.717) is 34.9 Å². The van der Waals surface area contributed by atoms with E-state index in [2.05, 4.69) is 17.6 Å². The first-order chi connectivity index (χ1) is 20.8. The molecule has 43 heavy (non-hydrogen) atoms. The van der Waals surface area contributed by atoms with Crippen molar-refractivity contribution in [2.45, 2.75) is 51.5 Å². The van der Waals surface area contributed by atoms with Crippen LogP contribution in [0.25, 0.3) is 0 Å². The van der Waals surface area contributed by atoms with Crippen molar-refractivity contribution >= 4 is 29.4 Å². The number of esters is 1. The highest BCUT2D eigenvalue weighted by molar-refractivity contribution is 5.98. The number of benzene rings is 3. The van der Waals surface area contributed by atoms with Gasteiger partial charge in [-0.3, -0.25) is 9.59 Å². The molecule has 0 fully saturated rings. The molecular weight excluding hydrogens is 552 g/mol. The molecule has 2 amide bonds. The van der Waals surface area contributed by atoms with E-state index in [1.807, 2.05) is 0 Å². The summed E-state index contributed by atoms with van der Waals surface area (Å²) in [5.41, 5.74) is 1.71. The molecule has 0 aliphatic heterocycles. The van der Waals surface area contributed by atoms with Gasteiger partial charge in [-0.25, -0.2) is 9.59 Å². The minimum absolute atomic E-state index is 0.0144. The fraction of sp³-hybridized carbons (Fsp3) is 0.333. The number of carboxylic acid groups (broad SMARTS) is 1. The van der Waals surface area contributed by atoms with Crippen LogP contribution in [0, 0.1) is 0 Å². The topological polar surface area (TPSA) is 140 Å². The summed E-state index contributed by atoms with van der Waals surface area (Å²) in [6.07, 6.45) is 5.78. The Kier molecular flexibility index (Phi) is 13.2. The molecule has 3 aromatic carbocycles. The van der Waals surface area contributed by atoms with Crippen molar-refractivity contribution in [3.8, 4) is 11.5 Å². The van der Waals surface area contributed by atoms with E-state index in [0.717, 1.165) is 12.8 Å². The molecule has 10 heteroatoms. The van der Waals surface area contributed by atoms with Crippen LogP contribution < -0.4 is 20.1 Å². The van der Waals surface area contributed by atoms with Gasteiger partial charge >= 0.3 is 11.9 Å². The number of unbranched alkanes of at least 4 members (excludes halogenated alkanes) is 4. The standard InChI is InChI=1S/C33H38N2O8/c1-3-4-5-6-7-20-42-27-18-12-25(13-19-27)33(40)43-28-16-8-23(9-17-28)21-29(32(38)39)35-31(37)24-10-14-26(15-11-24)34-30(36)22-41-2/h8-19,29H,3-7,20-22H2,1-2H3,(H,34,36)(H,35,37)(H,38,39)/t29-/m0/s1. The molecule has 0 unspecified atom stereocenters. The average molecular weight is 591 g/mol. The molecule has 0 aliphatic rings. The van der Waals surface area contributed by atoms with E-state index in [4.69, 9.17) is 14.2 Å². The van der Waals surface area contributed by atoms with Gasteiger partial charge in [0.05, 0.1) is 12.2 Å². The Bertz CT molecular complexity index is 1340. The lowest BCUT2D eigenvalue weighted by atomic mass is 10.0. The number of nitrogens with one attached hydrogen (secondary N) is 2. The van der Waals surface area contributed by atoms with Gasteiger partial charge in [0.1, 0.15) is 24.1 Å². The van der Waals surface area contributed by atoms with E-state index in [1.165, 1.54) is 50.6 Å². The van der Waals surface area contributed by atoms with Gasteiger partial charge in [0, 0.05) is 24.8 Å². The zero-order valence-electron chi connectivity index (χ0n) is 24.5. The number of hydrogen-bond donors (Lipinski definition) is 3. The van der Waals surface area contributed by atoms with Crippen LogP contribution in [0.2, 0.25) is 0 Å². The van der Waals surface area contributed by atoms with Crippen LogP contribution in [0.1, 0.15) is 65.3 Å². The third-order valence-corrected chi connectivity index (χ3v) is 6.49. The van der Waals surface area contributed by atoms with Crippen LogP contribution in [0.5, 0.6) is 11.5 Å². The van der Waals surface area contributed by atoms with Crippen molar-refractivity contribution in [3.05, 3.63) is 89.5 Å². The van der Waals surface area contributed by atoms with Crippen molar-refractivity contribution in [2.75, 3.05) is 25.6 Å². The normalized spacial score (nSPS) is 11.3. The van der Waals surface area contributed by atoms with Gasteiger partial charge in [-0.2, -0.15) is 0 Å². The Labute approximate surface area is 251 Å². The molecule has 3 rings (SSSR count). The van der Waals surface area contributed by atoms with Crippen LogP contribution in [0.15, 0.2) is 72.8 Å². The summed E-state index contributed by atoms with van der Waals surface area (Å²) in [5.74, 6) is -1.64. The summed E-state index contributed by atoms with van der Waals surface area (Å²) in [4.78, 5) is 48.7. The number of anilines is 1. The Morgan fingerprint density at radius 3 is 2.05 bits per heavy atom. The lowest BCUT2D eigenvalue weighted by Gasteiger charge is -2.15. The fourth-order valence-corrected chi connectivity index (χ4v) is 4.15. The summed E-state index contributed by atoms with van der Waals surface area (Å²) >= 11 is 0. The molecule has 0 heterocycles. The number of aliphatic carboxylic acids is 1. The quantitative estimate of drug-likeness (QED) is 0.110. The van der Waals surface area contributed by atoms with Crippen LogP contribution in [0.3, 0.4) is 0 Å². The molecule has 1 atom stereocenters. The van der Waals surface area contributed by atoms with Gasteiger partial charge in [0.15, 0.2) is 0 Å². The summed E-state index contributed by atoms with van der Waals surface area (Å²) in [5, 5.41) is 14.8. The van der Waals surface area contributed by atoms with Crippen LogP contribution in [-0.4, -0.2) is 55.2 Å². The molecule has 0 saturated heterocycles. The molecule has 0 spiro atoms. The highest BCUT2D eigenvalue weighted by atomic mass is 16.5. The number of carbonyl (C=O) groups excluding carboxylic acids is 3. The zero-order chi connectivity index (χ0) is 31.0. The van der Waals surface area contributed by atoms with Crippen molar-refractivity contribution in [3.63, 3.8) is 0 Å². The second-order valence-corrected chi connectivity index (χ2v) is 9.95. The average Bonchev–Trinajstić information content (AvgIpc) is 3.00. The van der Waals surface area contributed by atoms with Gasteiger partial charge in [-0.1, -0.05) is 44.7 Å². The van der Waals surface area contributed by atoms with Gasteiger partial charge < -0.3 is 30.0 Å². The largest absolute Gasteiger partial charge is 0.494 e. The van der Waals surface area contributed by atoms with E-state index >= 15 is 0 Å². The summed E-state index contributed by atoms with van der Waals surface area (Å²) in [6, 6.07) is 18.0. The Morgan fingerprint density at radius 2 is 1.42 bits per heavy atom. The summed E-state index contributed by atoms with van der Waals surface area (Å²) < 4.78 is 16.0. The molecule has 0 aromatic heterocycles. The number of hydrogen-bond acceptors (Lipinski definition) is 7. The first kappa shape index (κ1) is 32.8. The van der Waals surface area contributed by atoms with E-state index in [1.54, 1.807) is 48.5 Å². The van der Waals surface area contributed by atoms with E-state index in [-0.39, 0.29) is 24.5 Å². The molecular formula is C33H38N2O8. The number of amides is 2. The maximum absolute atomic E-state index is 12.7. The highest BCUT2D eigenvalue weighted by Crippen LogP contribution is 2.18. The first-order valence-corrected chi connectivity index (χ1v) is 14.3. The number of carboxylic acids is 1. The molecule has 228 valence electrons. The maximum atomic E-state index is 12.7. The number of ether oxygens (including phenoxy) is 3. The number of rotatable bonds is 17. The molecule has 10 nitrogen and oxygen atoms in total. The maximum Gasteiger partial charge on any atom is 0.343 e. The third kappa shape index (κ3) is 11.2. The van der Waals surface area contributed by atoms with E-state index < -0.39 is 23.9 Å². The predicted octanol–water partition coefficient (Wildman–Crippen LogP) is 5.27. The molecule has 0 aliphatic carbocycles. The second kappa shape index (κ2) is 17.3. The van der Waals surface area contributed by atoms with Gasteiger partial charge in [-0.05, 0) is 72.6 Å². The zero-order valence-corrected chi connectivity index (χ0v) is 24.5. The van der Waals surface area contributed by atoms with Crippen molar-refractivity contribution in [2.24, 2.45) is 0 Å². The number of methoxy groups -OCH3 is 1. The lowest BCUT2D eigenvalue weighted by molar-refractivity contribution is -0.139. The van der Waals surface area contributed by atoms with Crippen LogP contribution in [0.4, 0.5) is 5.69 Å². The van der Waals surface area contributed by atoms with Crippen LogP contribution >= 0.6 is 0 Å². The minimum atomic E-state index is -1.20. The van der Waals surface area contributed by atoms with Gasteiger partial charge in [0.2, 0.25) is 5.91 Å². The SMILES string of the molecule is CCCCCCCOc1ccc(C(=O)Oc2ccc(C[C@H](NC(=O)c3ccc(NC(=O)COC)cc3)C(=O)O)cc2)cc1. The van der Waals surface area contributed by atoms with Crippen molar-refractivity contribution < 1.29 is 38.5 Å². The monoisotopic (exact) mass is 590 g/mol. The molecule has 0 bridgehead atoms. The van der Waals surface area contributed by atoms with Gasteiger partial charge in [0.25, 0.3) is 5.91 Å². The Balaban J connectivity index is 1.49. The third-order valence-electron chi connectivity index (χ3n) is 6.49. The Morgan fingerprint density at radius 1 is 0.791 bits per heavy atom. The summed E-state index contributed by atoms with van der Waals surface area (Å²) in [6.45, 7) is 2.71. The highest BCUT2D eigenvalue weighted by Gasteiger charge is 2.21. The predicted molar refractivity (Wildman–Crippen MR) is 162 cm³/mol. The molecule has 3 aromatic rings. The van der Waals surface area contributed by atoms with E-state index in [9.17, 15) is 24.3 Å². The summed E-state index contributed by atoms with van der Waals surface area (Å²) in [7, 11) is 1.41. The fourth-order valence-electron chi connectivity index (χ4n) is 4.15. The number of carbonyl (C=O) groups is 4. The van der Waals surface area contributed by atoms with Crippen LogP contribution in [-0.2, 0) is 20.7 Å². The van der Waals surface area contributed by atoms with Crippen molar-refractivity contribution in [1.29, 1.82) is 0 Å². The Hall–Kier alpha value is -4.70. The second-order valence-electron chi connectivity index (χ2n) is 9.95.